The molecule has 6 nitrogen and oxygen atoms in total. The van der Waals surface area contributed by atoms with Crippen molar-refractivity contribution >= 4 is 23.4 Å². The Bertz CT molecular complexity index is 641. The second-order valence-electron chi connectivity index (χ2n) is 7.60. The van der Waals surface area contributed by atoms with Gasteiger partial charge in [0.15, 0.2) is 0 Å². The lowest BCUT2D eigenvalue weighted by molar-refractivity contribution is -0.130. The van der Waals surface area contributed by atoms with Crippen LogP contribution in [0.1, 0.15) is 59.4 Å². The zero-order valence-electron chi connectivity index (χ0n) is 17.1. The van der Waals surface area contributed by atoms with Gasteiger partial charge in [0.1, 0.15) is 6.04 Å². The number of rotatable bonds is 10. The lowest BCUT2D eigenvalue weighted by Crippen LogP contribution is -2.49. The number of benzene rings is 1. The summed E-state index contributed by atoms with van der Waals surface area (Å²) in [6.45, 7) is 10.0. The summed E-state index contributed by atoms with van der Waals surface area (Å²) in [5.74, 6) is -0.110. The van der Waals surface area contributed by atoms with E-state index in [0.717, 1.165) is 12.0 Å². The fraction of sp³-hybridized carbons (Fsp3) is 0.571. The minimum absolute atomic E-state index is 0.0132. The molecule has 1 rings (SSSR count). The van der Waals surface area contributed by atoms with Gasteiger partial charge in [-0.2, -0.15) is 0 Å². The molecule has 27 heavy (non-hydrogen) atoms. The van der Waals surface area contributed by atoms with Crippen LogP contribution in [-0.4, -0.2) is 23.8 Å². The standard InChI is InChI=1S/C21H33N3O3/c1-6-8-18(25)23-17-10-7-9-16(12-17)13-22-21(27)20(15(4)5)24-19(26)11-14(2)3/h7,9-10,12,14-15,20H,6,8,11,13H2,1-5H3,(H,22,27)(H,23,25)(H,24,26). The van der Waals surface area contributed by atoms with Crippen molar-refractivity contribution in [2.24, 2.45) is 11.8 Å². The molecular formula is C21H33N3O3. The molecule has 0 aliphatic carbocycles. The van der Waals surface area contributed by atoms with Crippen molar-refractivity contribution in [1.82, 2.24) is 10.6 Å². The van der Waals surface area contributed by atoms with Crippen molar-refractivity contribution in [3.05, 3.63) is 29.8 Å². The van der Waals surface area contributed by atoms with E-state index in [1.54, 1.807) is 0 Å². The predicted molar refractivity (Wildman–Crippen MR) is 108 cm³/mol. The normalized spacial score (nSPS) is 12.0. The van der Waals surface area contributed by atoms with E-state index in [1.165, 1.54) is 0 Å². The molecule has 0 aromatic heterocycles. The van der Waals surface area contributed by atoms with Crippen LogP contribution >= 0.6 is 0 Å². The number of nitrogens with one attached hydrogen (secondary N) is 3. The highest BCUT2D eigenvalue weighted by Crippen LogP contribution is 2.12. The first-order valence-corrected chi connectivity index (χ1v) is 9.68. The van der Waals surface area contributed by atoms with Crippen molar-refractivity contribution in [3.8, 4) is 0 Å². The maximum Gasteiger partial charge on any atom is 0.243 e. The third-order valence-electron chi connectivity index (χ3n) is 4.01. The van der Waals surface area contributed by atoms with Crippen molar-refractivity contribution in [3.63, 3.8) is 0 Å². The lowest BCUT2D eigenvalue weighted by Gasteiger charge is -2.22. The van der Waals surface area contributed by atoms with Crippen molar-refractivity contribution in [1.29, 1.82) is 0 Å². The molecule has 0 aliphatic heterocycles. The van der Waals surface area contributed by atoms with Crippen LogP contribution in [0.4, 0.5) is 5.69 Å². The van der Waals surface area contributed by atoms with Crippen LogP contribution in [0.2, 0.25) is 0 Å². The van der Waals surface area contributed by atoms with E-state index in [1.807, 2.05) is 58.9 Å². The molecule has 1 unspecified atom stereocenters. The van der Waals surface area contributed by atoms with Gasteiger partial charge < -0.3 is 16.0 Å². The van der Waals surface area contributed by atoms with Crippen LogP contribution in [0.25, 0.3) is 0 Å². The van der Waals surface area contributed by atoms with Gasteiger partial charge in [0.2, 0.25) is 17.7 Å². The average molecular weight is 376 g/mol. The Kier molecular flexibility index (Phi) is 9.54. The molecule has 1 aromatic rings. The minimum atomic E-state index is -0.566. The summed E-state index contributed by atoms with van der Waals surface area (Å²) < 4.78 is 0. The van der Waals surface area contributed by atoms with E-state index in [4.69, 9.17) is 0 Å². The minimum Gasteiger partial charge on any atom is -0.350 e. The lowest BCUT2D eigenvalue weighted by atomic mass is 10.0. The number of carbonyl (C=O) groups is 3. The number of amides is 3. The quantitative estimate of drug-likeness (QED) is 0.587. The highest BCUT2D eigenvalue weighted by molar-refractivity contribution is 5.90. The molecule has 0 bridgehead atoms. The average Bonchev–Trinajstić information content (AvgIpc) is 2.57. The Morgan fingerprint density at radius 3 is 2.33 bits per heavy atom. The van der Waals surface area contributed by atoms with Crippen LogP contribution in [0.15, 0.2) is 24.3 Å². The summed E-state index contributed by atoms with van der Waals surface area (Å²) in [6, 6.07) is 6.83. The number of hydrogen-bond acceptors (Lipinski definition) is 3. The molecular weight excluding hydrogens is 342 g/mol. The molecule has 1 atom stereocenters. The van der Waals surface area contributed by atoms with Crippen LogP contribution in [0, 0.1) is 11.8 Å². The monoisotopic (exact) mass is 375 g/mol. The first-order valence-electron chi connectivity index (χ1n) is 9.68. The maximum atomic E-state index is 12.5. The molecule has 0 aliphatic rings. The number of anilines is 1. The molecule has 0 saturated heterocycles. The highest BCUT2D eigenvalue weighted by Gasteiger charge is 2.24. The summed E-state index contributed by atoms with van der Waals surface area (Å²) in [7, 11) is 0. The summed E-state index contributed by atoms with van der Waals surface area (Å²) >= 11 is 0. The van der Waals surface area contributed by atoms with Gasteiger partial charge in [-0.3, -0.25) is 14.4 Å². The molecule has 0 spiro atoms. The number of hydrogen-bond donors (Lipinski definition) is 3. The van der Waals surface area contributed by atoms with E-state index in [9.17, 15) is 14.4 Å². The second kappa shape index (κ2) is 11.4. The van der Waals surface area contributed by atoms with Crippen LogP contribution in [0.5, 0.6) is 0 Å². The Hall–Kier alpha value is -2.37. The van der Waals surface area contributed by atoms with E-state index in [0.29, 0.717) is 25.1 Å². The Morgan fingerprint density at radius 1 is 1.04 bits per heavy atom. The van der Waals surface area contributed by atoms with Gasteiger partial charge in [0.25, 0.3) is 0 Å². The molecule has 0 radical (unpaired) electrons. The van der Waals surface area contributed by atoms with Crippen LogP contribution in [-0.2, 0) is 20.9 Å². The smallest absolute Gasteiger partial charge is 0.243 e. The van der Waals surface area contributed by atoms with Crippen molar-refractivity contribution in [2.45, 2.75) is 66.5 Å². The van der Waals surface area contributed by atoms with Gasteiger partial charge >= 0.3 is 0 Å². The van der Waals surface area contributed by atoms with Gasteiger partial charge in [-0.05, 0) is 36.0 Å². The molecule has 1 aromatic carbocycles. The largest absolute Gasteiger partial charge is 0.350 e. The molecule has 3 amide bonds. The summed E-state index contributed by atoms with van der Waals surface area (Å²) in [4.78, 5) is 36.3. The van der Waals surface area contributed by atoms with E-state index in [-0.39, 0.29) is 29.6 Å². The molecule has 6 heteroatoms. The van der Waals surface area contributed by atoms with Crippen LogP contribution < -0.4 is 16.0 Å². The third-order valence-corrected chi connectivity index (χ3v) is 4.01. The summed E-state index contributed by atoms with van der Waals surface area (Å²) in [6.07, 6.45) is 1.67. The van der Waals surface area contributed by atoms with E-state index < -0.39 is 6.04 Å². The number of carbonyl (C=O) groups excluding carboxylic acids is 3. The molecule has 3 N–H and O–H groups in total. The Morgan fingerprint density at radius 2 is 1.74 bits per heavy atom. The van der Waals surface area contributed by atoms with Gasteiger partial charge in [-0.25, -0.2) is 0 Å². The first kappa shape index (κ1) is 22.7. The van der Waals surface area contributed by atoms with E-state index >= 15 is 0 Å². The highest BCUT2D eigenvalue weighted by atomic mass is 16.2. The fourth-order valence-electron chi connectivity index (χ4n) is 2.65. The molecule has 0 saturated carbocycles. The van der Waals surface area contributed by atoms with Gasteiger partial charge in [-0.1, -0.05) is 46.8 Å². The first-order chi connectivity index (χ1) is 12.7. The zero-order valence-corrected chi connectivity index (χ0v) is 17.1. The summed E-state index contributed by atoms with van der Waals surface area (Å²) in [5.41, 5.74) is 1.60. The molecule has 150 valence electrons. The van der Waals surface area contributed by atoms with Gasteiger partial charge in [0.05, 0.1) is 0 Å². The van der Waals surface area contributed by atoms with E-state index in [2.05, 4.69) is 16.0 Å². The fourth-order valence-corrected chi connectivity index (χ4v) is 2.65. The van der Waals surface area contributed by atoms with Gasteiger partial charge in [0, 0.05) is 25.1 Å². The zero-order chi connectivity index (χ0) is 20.4. The molecule has 0 fully saturated rings. The Labute approximate surface area is 162 Å². The van der Waals surface area contributed by atoms with Gasteiger partial charge in [-0.15, -0.1) is 0 Å². The summed E-state index contributed by atoms with van der Waals surface area (Å²) in [5, 5.41) is 8.55. The SMILES string of the molecule is CCCC(=O)Nc1cccc(CNC(=O)C(NC(=O)CC(C)C)C(C)C)c1. The van der Waals surface area contributed by atoms with Crippen molar-refractivity contribution < 1.29 is 14.4 Å². The van der Waals surface area contributed by atoms with Crippen LogP contribution in [0.3, 0.4) is 0 Å². The third kappa shape index (κ3) is 8.71. The Balaban J connectivity index is 2.65. The maximum absolute atomic E-state index is 12.5. The second-order valence-corrected chi connectivity index (χ2v) is 7.60. The molecule has 0 heterocycles. The predicted octanol–water partition coefficient (Wildman–Crippen LogP) is 3.23. The van der Waals surface area contributed by atoms with Crippen molar-refractivity contribution in [2.75, 3.05) is 5.32 Å². The topological polar surface area (TPSA) is 87.3 Å².